The van der Waals surface area contributed by atoms with Crippen LogP contribution >= 0.6 is 7.82 Å². The van der Waals surface area contributed by atoms with Crippen molar-refractivity contribution in [2.75, 3.05) is 26.4 Å². The smallest absolute Gasteiger partial charge is 0.462 e. The van der Waals surface area contributed by atoms with Crippen LogP contribution in [0.1, 0.15) is 232 Å². The maximum Gasteiger partial charge on any atom is 0.472 e. The van der Waals surface area contributed by atoms with E-state index < -0.39 is 32.5 Å². The lowest BCUT2D eigenvalue weighted by Crippen LogP contribution is -2.29. The number of rotatable bonds is 62. The van der Waals surface area contributed by atoms with Gasteiger partial charge in [-0.3, -0.25) is 18.6 Å². The molecule has 3 N–H and O–H groups in total. The summed E-state index contributed by atoms with van der Waals surface area (Å²) in [7, 11) is -4.43. The highest BCUT2D eigenvalue weighted by molar-refractivity contribution is 7.47. The van der Waals surface area contributed by atoms with Gasteiger partial charge >= 0.3 is 19.8 Å². The molecule has 9 nitrogen and oxygen atoms in total. The zero-order valence-corrected chi connectivity index (χ0v) is 57.6. The first-order chi connectivity index (χ1) is 44.8. The van der Waals surface area contributed by atoms with E-state index in [1.54, 1.807) is 0 Å². The van der Waals surface area contributed by atoms with E-state index in [-0.39, 0.29) is 32.6 Å². The Morgan fingerprint density at radius 3 is 0.868 bits per heavy atom. The second kappa shape index (κ2) is 73.1. The van der Waals surface area contributed by atoms with Gasteiger partial charge in [-0.2, -0.15) is 0 Å². The molecule has 0 fully saturated rings. The van der Waals surface area contributed by atoms with Crippen LogP contribution in [0.2, 0.25) is 0 Å². The molecule has 0 heterocycles. The van der Waals surface area contributed by atoms with E-state index in [9.17, 15) is 19.0 Å². The second-order valence-electron chi connectivity index (χ2n) is 21.9. The summed E-state index contributed by atoms with van der Waals surface area (Å²) < 4.78 is 33.1. The molecule has 0 aromatic rings. The predicted molar refractivity (Wildman–Crippen MR) is 394 cm³/mol. The average Bonchev–Trinajstić information content (AvgIpc) is 3.74. The van der Waals surface area contributed by atoms with Crippen LogP contribution in [0, 0.1) is 0 Å². The Morgan fingerprint density at radius 1 is 0.330 bits per heavy atom. The van der Waals surface area contributed by atoms with Crippen LogP contribution in [-0.4, -0.2) is 49.3 Å². The van der Waals surface area contributed by atoms with E-state index in [1.807, 2.05) is 0 Å². The molecule has 0 aliphatic rings. The fourth-order valence-electron chi connectivity index (χ4n) is 8.48. The van der Waals surface area contributed by atoms with Gasteiger partial charge in [0.2, 0.25) is 0 Å². The van der Waals surface area contributed by atoms with Gasteiger partial charge in [0.15, 0.2) is 6.10 Å². The SMILES string of the molecule is CC/C=C\C/C=C\C/C=C\C/C=C\C/C=C\C/C=C\C/C=C\C/C=C\C/C=C\C/C=C\CCCCC(=O)OC(COC(=O)CCCCCCCCCCC/C=C\C/C=C\C/C=C\C/C=C\C/C=C\C/C=C\C/C=C\C/C=C\C/C=C\CC)COP(=O)(O)OCCN. The van der Waals surface area contributed by atoms with E-state index >= 15 is 0 Å². The molecule has 0 saturated carbocycles. The number of allylic oxidation sites excluding steroid dienone is 38. The second-order valence-corrected chi connectivity index (χ2v) is 23.4. The zero-order chi connectivity index (χ0) is 65.8. The minimum absolute atomic E-state index is 0.0323. The number of nitrogens with two attached hydrogens (primary N) is 1. The topological polar surface area (TPSA) is 134 Å². The Bertz CT molecular complexity index is 2340. The monoisotopic (exact) mass is 1270 g/mol. The predicted octanol–water partition coefficient (Wildman–Crippen LogP) is 23.4. The Labute approximate surface area is 555 Å². The van der Waals surface area contributed by atoms with Gasteiger partial charge in [-0.25, -0.2) is 4.57 Å². The molecule has 0 aromatic heterocycles. The molecule has 0 bridgehead atoms. The quantitative estimate of drug-likeness (QED) is 0.0264. The molecule has 0 aliphatic carbocycles. The van der Waals surface area contributed by atoms with Crippen molar-refractivity contribution in [1.82, 2.24) is 0 Å². The lowest BCUT2D eigenvalue weighted by atomic mass is 10.1. The number of phosphoric ester groups is 1. The van der Waals surface area contributed by atoms with Gasteiger partial charge in [0, 0.05) is 19.4 Å². The van der Waals surface area contributed by atoms with Crippen LogP contribution in [0.3, 0.4) is 0 Å². The Morgan fingerprint density at radius 2 is 0.571 bits per heavy atom. The minimum atomic E-state index is -4.43. The van der Waals surface area contributed by atoms with Gasteiger partial charge in [-0.1, -0.05) is 290 Å². The maximum absolute atomic E-state index is 12.7. The van der Waals surface area contributed by atoms with Gasteiger partial charge < -0.3 is 20.1 Å². The number of esters is 2. The summed E-state index contributed by atoms with van der Waals surface area (Å²) in [6.45, 7) is 3.42. The normalized spacial score (nSPS) is 14.4. The molecule has 0 radical (unpaired) electrons. The zero-order valence-electron chi connectivity index (χ0n) is 56.7. The van der Waals surface area contributed by atoms with Gasteiger partial charge in [-0.05, 0) is 161 Å². The van der Waals surface area contributed by atoms with Crippen molar-refractivity contribution in [1.29, 1.82) is 0 Å². The molecule has 0 rings (SSSR count). The first kappa shape index (κ1) is 85.1. The van der Waals surface area contributed by atoms with E-state index in [2.05, 4.69) is 245 Å². The third-order valence-corrected chi connectivity index (χ3v) is 14.5. The molecule has 10 heteroatoms. The highest BCUT2D eigenvalue weighted by Crippen LogP contribution is 2.43. The molecular formula is C81H124NO8P. The molecule has 2 atom stereocenters. The van der Waals surface area contributed by atoms with Gasteiger partial charge in [-0.15, -0.1) is 0 Å². The van der Waals surface area contributed by atoms with Crippen LogP contribution in [-0.2, 0) is 32.7 Å². The third-order valence-electron chi connectivity index (χ3n) is 13.5. The highest BCUT2D eigenvalue weighted by atomic mass is 31.2. The average molecular weight is 1270 g/mol. The third kappa shape index (κ3) is 73.0. The molecule has 0 spiro atoms. The van der Waals surface area contributed by atoms with Crippen molar-refractivity contribution in [2.24, 2.45) is 5.73 Å². The van der Waals surface area contributed by atoms with Gasteiger partial charge in [0.25, 0.3) is 0 Å². The standard InChI is InChI=1S/C81H124NO8P/c1-3-5-7-9-11-13-15-17-19-21-23-25-27-29-31-33-35-37-38-39-40-42-43-45-47-49-51-53-55-57-59-61-63-65-67-69-71-73-80(83)87-77-79(78-89-91(85,86)88-76-75-82)90-81(84)74-72-70-68-66-64-62-60-58-56-54-52-50-48-46-44-41-36-34-32-30-28-26-24-22-20-18-16-14-12-10-8-6-4-2/h5-8,11-14,17-20,23-26,29-32,35-37,39-41,43,45-46,48-49,51-52,54,58,60,64,66,79H,3-4,9-10,15-16,21-22,27-28,33-34,38,42,44,47,50,53,55-57,59,61-63,65,67-78,82H2,1-2H3,(H,85,86)/b7-5-,8-6-,13-11-,14-12-,19-17-,20-18-,25-23-,26-24-,31-29-,32-30-,37-35-,40-39-,41-36-,45-43-,48-46-,51-49-,54-52-,60-58-,66-64-. The van der Waals surface area contributed by atoms with Crippen molar-refractivity contribution >= 4 is 19.8 Å². The molecule has 0 aromatic carbocycles. The summed E-state index contributed by atoms with van der Waals surface area (Å²) >= 11 is 0. The fourth-order valence-corrected chi connectivity index (χ4v) is 9.24. The van der Waals surface area contributed by atoms with E-state index in [1.165, 1.54) is 32.1 Å². The lowest BCUT2D eigenvalue weighted by molar-refractivity contribution is -0.161. The molecule has 0 aliphatic heterocycles. The van der Waals surface area contributed by atoms with Crippen LogP contribution in [0.25, 0.3) is 0 Å². The van der Waals surface area contributed by atoms with Crippen molar-refractivity contribution in [2.45, 2.75) is 238 Å². The summed E-state index contributed by atoms with van der Waals surface area (Å²) in [5.74, 6) is -0.905. The summed E-state index contributed by atoms with van der Waals surface area (Å²) in [6, 6.07) is 0. The maximum atomic E-state index is 12.7. The number of hydrogen-bond donors (Lipinski definition) is 2. The van der Waals surface area contributed by atoms with E-state index in [0.29, 0.717) is 12.8 Å². The molecule has 0 saturated heterocycles. The molecule has 91 heavy (non-hydrogen) atoms. The Kier molecular flexibility index (Phi) is 68.4. The largest absolute Gasteiger partial charge is 0.472 e. The summed E-state index contributed by atoms with van der Waals surface area (Å²) in [5, 5.41) is 0. The molecule has 2 unspecified atom stereocenters. The first-order valence-corrected chi connectivity index (χ1v) is 36.4. The highest BCUT2D eigenvalue weighted by Gasteiger charge is 2.26. The number of carbonyl (C=O) groups excluding carboxylic acids is 2. The van der Waals surface area contributed by atoms with Crippen molar-refractivity contribution in [3.63, 3.8) is 0 Å². The Balaban J connectivity index is 4.09. The van der Waals surface area contributed by atoms with Crippen molar-refractivity contribution < 1.29 is 37.6 Å². The molecule has 506 valence electrons. The molecular weight excluding hydrogens is 1150 g/mol. The van der Waals surface area contributed by atoms with Crippen molar-refractivity contribution in [3.05, 3.63) is 231 Å². The number of phosphoric acid groups is 1. The van der Waals surface area contributed by atoms with E-state index in [0.717, 1.165) is 161 Å². The van der Waals surface area contributed by atoms with E-state index in [4.69, 9.17) is 24.3 Å². The number of unbranched alkanes of at least 4 members (excludes halogenated alkanes) is 11. The van der Waals surface area contributed by atoms with Crippen LogP contribution < -0.4 is 5.73 Å². The lowest BCUT2D eigenvalue weighted by Gasteiger charge is -2.19. The summed E-state index contributed by atoms with van der Waals surface area (Å²) in [5.41, 5.74) is 5.39. The van der Waals surface area contributed by atoms with Crippen molar-refractivity contribution in [3.8, 4) is 0 Å². The van der Waals surface area contributed by atoms with Gasteiger partial charge in [0.05, 0.1) is 13.2 Å². The summed E-state index contributed by atoms with van der Waals surface area (Å²) in [6.07, 6.45) is 116. The van der Waals surface area contributed by atoms with Crippen LogP contribution in [0.4, 0.5) is 0 Å². The van der Waals surface area contributed by atoms with Gasteiger partial charge in [0.1, 0.15) is 6.61 Å². The molecule has 0 amide bonds. The Hall–Kier alpha value is -5.93. The first-order valence-electron chi connectivity index (χ1n) is 34.9. The number of hydrogen-bond acceptors (Lipinski definition) is 8. The minimum Gasteiger partial charge on any atom is -0.462 e. The van der Waals surface area contributed by atoms with Crippen LogP contribution in [0.15, 0.2) is 231 Å². The fraction of sp³-hybridized carbons (Fsp3) is 0.506. The number of carbonyl (C=O) groups is 2. The summed E-state index contributed by atoms with van der Waals surface area (Å²) in [4.78, 5) is 35.3. The number of ether oxygens (including phenoxy) is 2. The van der Waals surface area contributed by atoms with Crippen LogP contribution in [0.5, 0.6) is 0 Å².